The molecule has 1 amide bonds. The Hall–Kier alpha value is -0.420. The number of carbonyl (C=O) groups excluding carboxylic acids is 1. The second-order valence-electron chi connectivity index (χ2n) is 1.77. The van der Waals surface area contributed by atoms with E-state index in [-0.39, 0.29) is 24.1 Å². The number of rotatable bonds is 3. The van der Waals surface area contributed by atoms with E-state index in [0.29, 0.717) is 0 Å². The third-order valence-electron chi connectivity index (χ3n) is 0.858. The zero-order chi connectivity index (χ0) is 8.15. The molecule has 11 heavy (non-hydrogen) atoms. The van der Waals surface area contributed by atoms with Crippen LogP contribution in [0.2, 0.25) is 0 Å². The third kappa shape index (κ3) is 6.00. The van der Waals surface area contributed by atoms with Gasteiger partial charge < -0.3 is 10.4 Å². The third-order valence-corrected chi connectivity index (χ3v) is 1.22. The van der Waals surface area contributed by atoms with Gasteiger partial charge in [0, 0.05) is 12.7 Å². The van der Waals surface area contributed by atoms with Gasteiger partial charge in [-0.05, 0) is 0 Å². The Morgan fingerprint density at radius 2 is 2.09 bits per heavy atom. The highest BCUT2D eigenvalue weighted by Crippen LogP contribution is 1.86. The molecule has 0 spiro atoms. The molecule has 0 aromatic rings. The molecular weight excluding hydrogens is 190 g/mol. The van der Waals surface area contributed by atoms with Crippen molar-refractivity contribution in [3.8, 4) is 0 Å². The Morgan fingerprint density at radius 3 is 2.18 bits per heavy atom. The molecule has 0 aliphatic rings. The molecule has 1 atom stereocenters. The van der Waals surface area contributed by atoms with Crippen LogP contribution in [0.4, 0.5) is 0 Å². The van der Waals surface area contributed by atoms with Crippen molar-refractivity contribution in [3.63, 3.8) is 0 Å². The first-order valence-electron chi connectivity index (χ1n) is 2.68. The molecule has 0 radical (unpaired) electrons. The Labute approximate surface area is 76.2 Å². The largest absolute Gasteiger partial charge is 0.480 e. The first kappa shape index (κ1) is 13.2. The van der Waals surface area contributed by atoms with E-state index in [1.165, 1.54) is 6.92 Å². The van der Waals surface area contributed by atoms with Gasteiger partial charge in [-0.2, -0.15) is 12.6 Å². The van der Waals surface area contributed by atoms with Crippen molar-refractivity contribution in [2.24, 2.45) is 0 Å². The van der Waals surface area contributed by atoms with E-state index in [1.807, 2.05) is 0 Å². The summed E-state index contributed by atoms with van der Waals surface area (Å²) in [4.78, 5) is 20.5. The van der Waals surface area contributed by atoms with Gasteiger partial charge in [0.2, 0.25) is 5.91 Å². The Morgan fingerprint density at radius 1 is 1.64 bits per heavy atom. The van der Waals surface area contributed by atoms with Crippen LogP contribution in [-0.4, -0.2) is 28.8 Å². The molecular formula is C5H10ClNO3S. The molecule has 0 aromatic heterocycles. The summed E-state index contributed by atoms with van der Waals surface area (Å²) in [5.74, 6) is -1.32. The molecule has 2 N–H and O–H groups in total. The summed E-state index contributed by atoms with van der Waals surface area (Å²) < 4.78 is 0. The molecule has 0 bridgehead atoms. The first-order chi connectivity index (χ1) is 4.57. The summed E-state index contributed by atoms with van der Waals surface area (Å²) in [6.45, 7) is 1.26. The highest BCUT2D eigenvalue weighted by molar-refractivity contribution is 7.80. The Bertz CT molecular complexity index is 153. The maximum absolute atomic E-state index is 10.3. The summed E-state index contributed by atoms with van der Waals surface area (Å²) in [5, 5.41) is 10.6. The van der Waals surface area contributed by atoms with E-state index in [1.54, 1.807) is 0 Å². The molecule has 4 nitrogen and oxygen atoms in total. The molecule has 0 saturated carbocycles. The summed E-state index contributed by atoms with van der Waals surface area (Å²) in [6, 6.07) is -0.874. The van der Waals surface area contributed by atoms with Crippen molar-refractivity contribution in [1.29, 1.82) is 0 Å². The van der Waals surface area contributed by atoms with Crippen LogP contribution in [0.1, 0.15) is 6.92 Å². The van der Waals surface area contributed by atoms with Crippen LogP contribution in [0.25, 0.3) is 0 Å². The zero-order valence-electron chi connectivity index (χ0n) is 5.90. The lowest BCUT2D eigenvalue weighted by atomic mass is 10.3. The van der Waals surface area contributed by atoms with Crippen LogP contribution in [0.5, 0.6) is 0 Å². The Kier molecular flexibility index (Phi) is 7.55. The van der Waals surface area contributed by atoms with E-state index >= 15 is 0 Å². The summed E-state index contributed by atoms with van der Waals surface area (Å²) in [5.41, 5.74) is 0. The van der Waals surface area contributed by atoms with Gasteiger partial charge in [-0.1, -0.05) is 0 Å². The number of carbonyl (C=O) groups is 2. The molecule has 1 unspecified atom stereocenters. The predicted molar refractivity (Wildman–Crippen MR) is 46.3 cm³/mol. The van der Waals surface area contributed by atoms with Gasteiger partial charge in [0.05, 0.1) is 0 Å². The van der Waals surface area contributed by atoms with Gasteiger partial charge >= 0.3 is 5.97 Å². The topological polar surface area (TPSA) is 66.4 Å². The van der Waals surface area contributed by atoms with Crippen LogP contribution in [-0.2, 0) is 9.59 Å². The average Bonchev–Trinajstić information content (AvgIpc) is 1.81. The van der Waals surface area contributed by atoms with Crippen LogP contribution in [0.3, 0.4) is 0 Å². The number of amides is 1. The van der Waals surface area contributed by atoms with Crippen LogP contribution < -0.4 is 5.32 Å². The van der Waals surface area contributed by atoms with E-state index in [2.05, 4.69) is 17.9 Å². The van der Waals surface area contributed by atoms with E-state index in [9.17, 15) is 9.59 Å². The van der Waals surface area contributed by atoms with E-state index in [4.69, 9.17) is 5.11 Å². The van der Waals surface area contributed by atoms with E-state index < -0.39 is 12.0 Å². The summed E-state index contributed by atoms with van der Waals surface area (Å²) in [7, 11) is 0. The number of hydrogen-bond donors (Lipinski definition) is 3. The monoisotopic (exact) mass is 199 g/mol. The number of aliphatic carboxylic acids is 1. The van der Waals surface area contributed by atoms with Crippen molar-refractivity contribution in [2.45, 2.75) is 13.0 Å². The Balaban J connectivity index is 0. The van der Waals surface area contributed by atoms with Crippen LogP contribution in [0, 0.1) is 0 Å². The van der Waals surface area contributed by atoms with Gasteiger partial charge in [0.15, 0.2) is 0 Å². The van der Waals surface area contributed by atoms with Gasteiger partial charge in [0.25, 0.3) is 0 Å². The molecule has 0 saturated heterocycles. The van der Waals surface area contributed by atoms with Crippen molar-refractivity contribution in [3.05, 3.63) is 0 Å². The van der Waals surface area contributed by atoms with Gasteiger partial charge in [-0.15, -0.1) is 12.4 Å². The second kappa shape index (κ2) is 6.30. The molecule has 0 aromatic carbocycles. The molecule has 6 heteroatoms. The fraction of sp³-hybridized carbons (Fsp3) is 0.600. The SMILES string of the molecule is CC(=O)NC(CS)C(=O)O.Cl. The van der Waals surface area contributed by atoms with Crippen molar-refractivity contribution in [1.82, 2.24) is 5.32 Å². The van der Waals surface area contributed by atoms with Gasteiger partial charge in [-0.25, -0.2) is 4.79 Å². The predicted octanol–water partition coefficient (Wildman–Crippen LogP) is -0.0727. The standard InChI is InChI=1S/C5H9NO3S.ClH/c1-3(7)6-4(2-10)5(8)9;/h4,10H,2H2,1H3,(H,6,7)(H,8,9);1H. The molecule has 0 aliphatic carbocycles. The highest BCUT2D eigenvalue weighted by atomic mass is 35.5. The molecule has 66 valence electrons. The van der Waals surface area contributed by atoms with Crippen molar-refractivity contribution < 1.29 is 14.7 Å². The minimum Gasteiger partial charge on any atom is -0.480 e. The number of carboxylic acids is 1. The lowest BCUT2D eigenvalue weighted by Crippen LogP contribution is -2.40. The normalized spacial score (nSPS) is 11.1. The number of thiol groups is 1. The maximum Gasteiger partial charge on any atom is 0.327 e. The van der Waals surface area contributed by atoms with Gasteiger partial charge in [-0.3, -0.25) is 4.79 Å². The van der Waals surface area contributed by atoms with Crippen molar-refractivity contribution >= 4 is 36.9 Å². The lowest BCUT2D eigenvalue weighted by molar-refractivity contribution is -0.140. The molecule has 0 fully saturated rings. The zero-order valence-corrected chi connectivity index (χ0v) is 7.61. The number of halogens is 1. The number of carboxylic acid groups (broad SMARTS) is 1. The van der Waals surface area contributed by atoms with Gasteiger partial charge in [0.1, 0.15) is 6.04 Å². The molecule has 0 aliphatic heterocycles. The second-order valence-corrected chi connectivity index (χ2v) is 2.14. The quantitative estimate of drug-likeness (QED) is 0.558. The maximum atomic E-state index is 10.3. The fourth-order valence-corrected chi connectivity index (χ4v) is 0.678. The number of nitrogens with one attached hydrogen (secondary N) is 1. The van der Waals surface area contributed by atoms with Crippen LogP contribution >= 0.6 is 25.0 Å². The average molecular weight is 200 g/mol. The van der Waals surface area contributed by atoms with Crippen molar-refractivity contribution in [2.75, 3.05) is 5.75 Å². The summed E-state index contributed by atoms with van der Waals surface area (Å²) >= 11 is 3.73. The molecule has 0 rings (SSSR count). The first-order valence-corrected chi connectivity index (χ1v) is 3.32. The minimum absolute atomic E-state index is 0. The summed E-state index contributed by atoms with van der Waals surface area (Å²) in [6.07, 6.45) is 0. The lowest BCUT2D eigenvalue weighted by Gasteiger charge is -2.08. The van der Waals surface area contributed by atoms with Crippen LogP contribution in [0.15, 0.2) is 0 Å². The fourth-order valence-electron chi connectivity index (χ4n) is 0.431. The number of hydrogen-bond acceptors (Lipinski definition) is 3. The van der Waals surface area contributed by atoms with E-state index in [0.717, 1.165) is 0 Å². The minimum atomic E-state index is -1.06. The highest BCUT2D eigenvalue weighted by Gasteiger charge is 2.14. The molecule has 0 heterocycles. The smallest absolute Gasteiger partial charge is 0.327 e.